The molecule has 102 valence electrons. The van der Waals surface area contributed by atoms with Gasteiger partial charge in [-0.15, -0.1) is 0 Å². The fourth-order valence-electron chi connectivity index (χ4n) is 2.18. The number of rotatable bonds is 3. The molecule has 0 fully saturated rings. The maximum atomic E-state index is 5.99. The van der Waals surface area contributed by atoms with Crippen molar-refractivity contribution < 1.29 is 0 Å². The molecular weight excluding hydrogens is 338 g/mol. The third kappa shape index (κ3) is 2.41. The van der Waals surface area contributed by atoms with Crippen LogP contribution in [0.3, 0.4) is 0 Å². The summed E-state index contributed by atoms with van der Waals surface area (Å²) in [6.45, 7) is 0.634. The summed E-state index contributed by atoms with van der Waals surface area (Å²) in [5.41, 5.74) is 1.09. The van der Waals surface area contributed by atoms with Gasteiger partial charge in [0.25, 0.3) is 0 Å². The Bertz CT molecular complexity index is 767. The van der Waals surface area contributed by atoms with E-state index in [1.165, 1.54) is 10.8 Å². The molecule has 3 aromatic rings. The zero-order valence-corrected chi connectivity index (χ0v) is 13.2. The van der Waals surface area contributed by atoms with Crippen molar-refractivity contribution in [2.24, 2.45) is 7.05 Å². The lowest BCUT2D eigenvalue weighted by Gasteiger charge is -2.11. The second-order valence-electron chi connectivity index (χ2n) is 4.55. The number of anilines is 1. The highest BCUT2D eigenvalue weighted by molar-refractivity contribution is 9.10. The van der Waals surface area contributed by atoms with Crippen molar-refractivity contribution in [1.29, 1.82) is 0 Å². The minimum atomic E-state index is 0.634. The Labute approximate surface area is 130 Å². The number of hydrogen-bond donors (Lipinski definition) is 1. The molecule has 1 aromatic heterocycles. The van der Waals surface area contributed by atoms with E-state index in [2.05, 4.69) is 50.5 Å². The predicted molar refractivity (Wildman–Crippen MR) is 87.2 cm³/mol. The van der Waals surface area contributed by atoms with Gasteiger partial charge in [-0.25, -0.2) is 4.98 Å². The molecule has 5 heteroatoms. The topological polar surface area (TPSA) is 29.9 Å². The van der Waals surface area contributed by atoms with Crippen molar-refractivity contribution in [2.45, 2.75) is 6.54 Å². The van der Waals surface area contributed by atoms with Crippen molar-refractivity contribution in [3.8, 4) is 0 Å². The average molecular weight is 351 g/mol. The zero-order chi connectivity index (χ0) is 14.1. The number of fused-ring (bicyclic) bond motifs is 1. The van der Waals surface area contributed by atoms with Crippen LogP contribution in [0.2, 0.25) is 5.15 Å². The summed E-state index contributed by atoms with van der Waals surface area (Å²) in [5, 5.41) is 6.44. The Hall–Kier alpha value is -1.52. The summed E-state index contributed by atoms with van der Waals surface area (Å²) < 4.78 is 2.97. The molecule has 1 heterocycles. The fraction of sp³-hybridized carbons (Fsp3) is 0.133. The summed E-state index contributed by atoms with van der Waals surface area (Å²) in [7, 11) is 1.91. The van der Waals surface area contributed by atoms with Gasteiger partial charge in [0, 0.05) is 22.6 Å². The quantitative estimate of drug-likeness (QED) is 0.748. The SMILES string of the molecule is Cn1c(Cl)cnc1CNc1ccc(Br)c2ccccc12. The Morgan fingerprint density at radius 3 is 2.65 bits per heavy atom. The molecule has 0 aliphatic carbocycles. The van der Waals surface area contributed by atoms with Crippen LogP contribution in [0.5, 0.6) is 0 Å². The molecule has 20 heavy (non-hydrogen) atoms. The molecule has 0 unspecified atom stereocenters. The molecule has 0 amide bonds. The van der Waals surface area contributed by atoms with E-state index in [0.717, 1.165) is 16.0 Å². The van der Waals surface area contributed by atoms with E-state index in [0.29, 0.717) is 11.7 Å². The van der Waals surface area contributed by atoms with Gasteiger partial charge in [0.2, 0.25) is 0 Å². The Morgan fingerprint density at radius 1 is 1.20 bits per heavy atom. The van der Waals surface area contributed by atoms with Crippen LogP contribution < -0.4 is 5.32 Å². The van der Waals surface area contributed by atoms with Gasteiger partial charge in [0.05, 0.1) is 12.7 Å². The van der Waals surface area contributed by atoms with Gasteiger partial charge < -0.3 is 9.88 Å². The third-order valence-corrected chi connectivity index (χ3v) is 4.38. The molecule has 0 aliphatic rings. The second-order valence-corrected chi connectivity index (χ2v) is 5.79. The largest absolute Gasteiger partial charge is 0.377 e. The molecule has 0 atom stereocenters. The minimum Gasteiger partial charge on any atom is -0.377 e. The fourth-order valence-corrected chi connectivity index (χ4v) is 2.80. The molecule has 0 radical (unpaired) electrons. The van der Waals surface area contributed by atoms with Crippen molar-refractivity contribution in [1.82, 2.24) is 9.55 Å². The van der Waals surface area contributed by atoms with Crippen LogP contribution in [0.25, 0.3) is 10.8 Å². The normalized spacial score (nSPS) is 10.9. The van der Waals surface area contributed by atoms with Gasteiger partial charge in [0.15, 0.2) is 0 Å². The number of imidazole rings is 1. The Kier molecular flexibility index (Phi) is 3.68. The first-order chi connectivity index (χ1) is 9.66. The van der Waals surface area contributed by atoms with E-state index in [-0.39, 0.29) is 0 Å². The average Bonchev–Trinajstić information content (AvgIpc) is 2.79. The van der Waals surface area contributed by atoms with Gasteiger partial charge in [-0.3, -0.25) is 0 Å². The van der Waals surface area contributed by atoms with Crippen LogP contribution in [-0.2, 0) is 13.6 Å². The van der Waals surface area contributed by atoms with Gasteiger partial charge in [-0.1, -0.05) is 51.8 Å². The highest BCUT2D eigenvalue weighted by Crippen LogP contribution is 2.30. The van der Waals surface area contributed by atoms with Crippen LogP contribution in [0.4, 0.5) is 5.69 Å². The minimum absolute atomic E-state index is 0.634. The molecule has 0 spiro atoms. The molecule has 3 nitrogen and oxygen atoms in total. The van der Waals surface area contributed by atoms with E-state index < -0.39 is 0 Å². The Morgan fingerprint density at radius 2 is 1.95 bits per heavy atom. The van der Waals surface area contributed by atoms with Crippen molar-refractivity contribution in [2.75, 3.05) is 5.32 Å². The number of aromatic nitrogens is 2. The monoisotopic (exact) mass is 349 g/mol. The summed E-state index contributed by atoms with van der Waals surface area (Å²) in [6, 6.07) is 12.4. The molecule has 3 rings (SSSR count). The summed E-state index contributed by atoms with van der Waals surface area (Å²) >= 11 is 9.57. The van der Waals surface area contributed by atoms with E-state index in [1.54, 1.807) is 6.20 Å². The van der Waals surface area contributed by atoms with Crippen molar-refractivity contribution >= 4 is 44.0 Å². The van der Waals surface area contributed by atoms with Crippen molar-refractivity contribution in [3.63, 3.8) is 0 Å². The number of hydrogen-bond acceptors (Lipinski definition) is 2. The van der Waals surface area contributed by atoms with Crippen LogP contribution in [0.15, 0.2) is 47.1 Å². The first-order valence-corrected chi connectivity index (χ1v) is 7.41. The molecule has 2 aromatic carbocycles. The van der Waals surface area contributed by atoms with E-state index in [9.17, 15) is 0 Å². The first-order valence-electron chi connectivity index (χ1n) is 6.24. The number of benzene rings is 2. The molecule has 0 saturated heterocycles. The number of nitrogens with zero attached hydrogens (tertiary/aromatic N) is 2. The molecular formula is C15H13BrClN3. The van der Waals surface area contributed by atoms with Crippen LogP contribution in [0.1, 0.15) is 5.82 Å². The second kappa shape index (κ2) is 5.46. The van der Waals surface area contributed by atoms with Crippen LogP contribution in [-0.4, -0.2) is 9.55 Å². The van der Waals surface area contributed by atoms with Crippen molar-refractivity contribution in [3.05, 3.63) is 58.0 Å². The lowest BCUT2D eigenvalue weighted by Crippen LogP contribution is -2.06. The zero-order valence-electron chi connectivity index (χ0n) is 10.9. The van der Waals surface area contributed by atoms with Gasteiger partial charge in [-0.2, -0.15) is 0 Å². The summed E-state index contributed by atoms with van der Waals surface area (Å²) in [4.78, 5) is 4.29. The van der Waals surface area contributed by atoms with Gasteiger partial charge >= 0.3 is 0 Å². The molecule has 1 N–H and O–H groups in total. The molecule has 0 saturated carbocycles. The highest BCUT2D eigenvalue weighted by atomic mass is 79.9. The summed E-state index contributed by atoms with van der Waals surface area (Å²) in [6.07, 6.45) is 1.66. The smallest absolute Gasteiger partial charge is 0.128 e. The third-order valence-electron chi connectivity index (χ3n) is 3.34. The van der Waals surface area contributed by atoms with Gasteiger partial charge in [0.1, 0.15) is 11.0 Å². The van der Waals surface area contributed by atoms with E-state index in [4.69, 9.17) is 11.6 Å². The van der Waals surface area contributed by atoms with Gasteiger partial charge in [-0.05, 0) is 17.5 Å². The predicted octanol–water partition coefficient (Wildman–Crippen LogP) is 4.60. The molecule has 0 aliphatic heterocycles. The van der Waals surface area contributed by atoms with E-state index >= 15 is 0 Å². The lowest BCUT2D eigenvalue weighted by atomic mass is 10.1. The van der Waals surface area contributed by atoms with Crippen LogP contribution in [0, 0.1) is 0 Å². The van der Waals surface area contributed by atoms with E-state index in [1.807, 2.05) is 23.7 Å². The number of halogens is 2. The first kappa shape index (κ1) is 13.5. The number of nitrogens with one attached hydrogen (secondary N) is 1. The molecule has 0 bridgehead atoms. The maximum absolute atomic E-state index is 5.99. The highest BCUT2D eigenvalue weighted by Gasteiger charge is 2.07. The van der Waals surface area contributed by atoms with Crippen LogP contribution >= 0.6 is 27.5 Å². The standard InChI is InChI=1S/C15H13BrClN3/c1-20-14(17)8-19-15(20)9-18-13-7-6-12(16)10-4-2-3-5-11(10)13/h2-8,18H,9H2,1H3. The maximum Gasteiger partial charge on any atom is 0.128 e. The lowest BCUT2D eigenvalue weighted by molar-refractivity contribution is 0.814. The summed E-state index contributed by atoms with van der Waals surface area (Å²) in [5.74, 6) is 0.905. The Balaban J connectivity index is 1.92.